The van der Waals surface area contributed by atoms with Crippen molar-refractivity contribution in [2.24, 2.45) is 5.18 Å². The summed E-state index contributed by atoms with van der Waals surface area (Å²) in [6, 6.07) is 8.67. The Kier molecular flexibility index (Phi) is 6.07. The molecule has 1 saturated heterocycles. The highest BCUT2D eigenvalue weighted by molar-refractivity contribution is 6.33. The van der Waals surface area contributed by atoms with Gasteiger partial charge in [0.15, 0.2) is 0 Å². The summed E-state index contributed by atoms with van der Waals surface area (Å²) in [5, 5.41) is 23.5. The van der Waals surface area contributed by atoms with E-state index in [2.05, 4.69) is 11.1 Å². The summed E-state index contributed by atoms with van der Waals surface area (Å²) in [5.41, 5.74) is 4.53. The highest BCUT2D eigenvalue weighted by Crippen LogP contribution is 2.44. The van der Waals surface area contributed by atoms with Crippen LogP contribution in [0.25, 0.3) is 0 Å². The van der Waals surface area contributed by atoms with Gasteiger partial charge in [-0.3, -0.25) is 0 Å². The molecule has 30 heavy (non-hydrogen) atoms. The third-order valence-corrected chi connectivity index (χ3v) is 6.18. The van der Waals surface area contributed by atoms with E-state index >= 15 is 0 Å². The summed E-state index contributed by atoms with van der Waals surface area (Å²) in [6.45, 7) is 0.115. The molecule has 2 aliphatic rings. The number of fused-ring (bicyclic) bond motifs is 1. The molecule has 4 rings (SSSR count). The Bertz CT molecular complexity index is 985. The van der Waals surface area contributed by atoms with Crippen LogP contribution in [-0.2, 0) is 17.6 Å². The normalized spacial score (nSPS) is 25.3. The fourth-order valence-corrected chi connectivity index (χ4v) is 4.50. The molecule has 0 amide bonds. The van der Waals surface area contributed by atoms with Gasteiger partial charge in [-0.25, -0.2) is 0 Å². The van der Waals surface area contributed by atoms with Gasteiger partial charge in [-0.2, -0.15) is 4.91 Å². The molecule has 0 aromatic heterocycles. The van der Waals surface area contributed by atoms with Gasteiger partial charge >= 0.3 is 0 Å². The Morgan fingerprint density at radius 3 is 2.73 bits per heavy atom. The topological polar surface area (TPSA) is 88.4 Å². The van der Waals surface area contributed by atoms with Gasteiger partial charge in [0.25, 0.3) is 0 Å². The van der Waals surface area contributed by atoms with E-state index < -0.39 is 31.0 Å². The lowest BCUT2D eigenvalue weighted by molar-refractivity contribution is -0.126. The van der Waals surface area contributed by atoms with Crippen LogP contribution in [0.5, 0.6) is 5.75 Å². The first-order valence-corrected chi connectivity index (χ1v) is 10.2. The van der Waals surface area contributed by atoms with E-state index in [1.54, 1.807) is 0 Å². The molecular weight excluding hydrogens is 406 g/mol. The van der Waals surface area contributed by atoms with Gasteiger partial charge in [-0.05, 0) is 35.2 Å². The quantitative estimate of drug-likeness (QED) is 0.565. The van der Waals surface area contributed by atoms with E-state index in [-0.39, 0.29) is 6.42 Å². The van der Waals surface area contributed by atoms with Crippen molar-refractivity contribution in [1.82, 2.24) is 0 Å². The predicted octanol–water partition coefficient (Wildman–Crippen LogP) is 3.17. The molecule has 2 aliphatic heterocycles. The van der Waals surface area contributed by atoms with E-state index in [1.165, 1.54) is 0 Å². The van der Waals surface area contributed by atoms with Crippen LogP contribution in [0.15, 0.2) is 35.5 Å². The molecule has 2 N–H and O–H groups in total. The van der Waals surface area contributed by atoms with Crippen LogP contribution in [0.1, 0.15) is 40.3 Å². The number of hydrogen-bond donors (Lipinski definition) is 2. The fourth-order valence-electron chi connectivity index (χ4n) is 4.21. The number of halogens is 1. The van der Waals surface area contributed by atoms with E-state index in [4.69, 9.17) is 27.5 Å². The summed E-state index contributed by atoms with van der Waals surface area (Å²) < 4.78 is 11.8. The maximum absolute atomic E-state index is 11.1. The smallest absolute Gasteiger partial charge is 0.146 e. The summed E-state index contributed by atoms with van der Waals surface area (Å²) >= 11 is 6.66. The molecule has 0 bridgehead atoms. The van der Waals surface area contributed by atoms with E-state index in [1.807, 2.05) is 30.3 Å². The summed E-state index contributed by atoms with van der Waals surface area (Å²) in [4.78, 5) is 11.1. The van der Waals surface area contributed by atoms with Gasteiger partial charge in [-0.1, -0.05) is 40.9 Å². The monoisotopic (exact) mass is 427 g/mol. The third kappa shape index (κ3) is 3.82. The second kappa shape index (κ2) is 8.75. The van der Waals surface area contributed by atoms with Crippen molar-refractivity contribution in [2.45, 2.75) is 43.6 Å². The molecule has 7 heteroatoms. The van der Waals surface area contributed by atoms with Crippen LogP contribution < -0.4 is 4.74 Å². The summed E-state index contributed by atoms with van der Waals surface area (Å²) in [5.74, 6) is 3.24. The van der Waals surface area contributed by atoms with E-state index in [9.17, 15) is 15.1 Å². The molecule has 0 saturated carbocycles. The number of rotatable bonds is 5. The average Bonchev–Trinajstić information content (AvgIpc) is 3.26. The van der Waals surface area contributed by atoms with Crippen molar-refractivity contribution in [1.29, 1.82) is 0 Å². The second-order valence-corrected chi connectivity index (χ2v) is 7.99. The van der Waals surface area contributed by atoms with Gasteiger partial charge in [0.2, 0.25) is 0 Å². The number of ether oxygens (including phenoxy) is 2. The lowest BCUT2D eigenvalue weighted by atomic mass is 9.88. The number of aliphatic hydroxyl groups is 2. The Hall–Kier alpha value is -2.43. The minimum atomic E-state index is -0.994. The van der Waals surface area contributed by atoms with E-state index in [0.29, 0.717) is 30.2 Å². The molecule has 0 spiro atoms. The Morgan fingerprint density at radius 2 is 2.07 bits per heavy atom. The van der Waals surface area contributed by atoms with Gasteiger partial charge in [0.1, 0.15) is 17.9 Å². The lowest BCUT2D eigenvalue weighted by Gasteiger charge is -2.36. The highest BCUT2D eigenvalue weighted by Gasteiger charge is 2.41. The molecule has 2 aromatic rings. The minimum absolute atomic E-state index is 0.206. The highest BCUT2D eigenvalue weighted by atomic mass is 35.5. The fraction of sp³-hybridized carbons (Fsp3) is 0.391. The maximum atomic E-state index is 11.1. The average molecular weight is 428 g/mol. The molecule has 2 heterocycles. The number of nitroso groups, excluding NO2 is 1. The first-order valence-electron chi connectivity index (χ1n) is 9.85. The van der Waals surface area contributed by atoms with Crippen LogP contribution >= 0.6 is 11.6 Å². The molecule has 0 aliphatic carbocycles. The largest absolute Gasteiger partial charge is 0.491 e. The number of aliphatic hydroxyl groups excluding tert-OH is 2. The molecule has 156 valence electrons. The van der Waals surface area contributed by atoms with Crippen molar-refractivity contribution < 1.29 is 19.7 Å². The molecule has 3 unspecified atom stereocenters. The van der Waals surface area contributed by atoms with Crippen molar-refractivity contribution in [3.05, 3.63) is 68.1 Å². The van der Waals surface area contributed by atoms with Crippen LogP contribution in [0.2, 0.25) is 5.02 Å². The van der Waals surface area contributed by atoms with E-state index in [0.717, 1.165) is 27.8 Å². The van der Waals surface area contributed by atoms with Crippen LogP contribution in [0.3, 0.4) is 0 Å². The predicted molar refractivity (Wildman–Crippen MR) is 113 cm³/mol. The van der Waals surface area contributed by atoms with Gasteiger partial charge < -0.3 is 19.7 Å². The molecule has 0 radical (unpaired) electrons. The number of terminal acetylenes is 1. The Labute approximate surface area is 179 Å². The minimum Gasteiger partial charge on any atom is -0.491 e. The summed E-state index contributed by atoms with van der Waals surface area (Å²) in [6.07, 6.45) is 4.54. The zero-order valence-electron chi connectivity index (χ0n) is 16.3. The van der Waals surface area contributed by atoms with Crippen LogP contribution in [0, 0.1) is 17.3 Å². The summed E-state index contributed by atoms with van der Waals surface area (Å²) in [7, 11) is 0. The third-order valence-electron chi connectivity index (χ3n) is 5.77. The van der Waals surface area contributed by atoms with Crippen molar-refractivity contribution in [3.63, 3.8) is 0 Å². The lowest BCUT2D eigenvalue weighted by Crippen LogP contribution is -2.46. The van der Waals surface area contributed by atoms with Gasteiger partial charge in [0, 0.05) is 24.0 Å². The maximum Gasteiger partial charge on any atom is 0.146 e. The second-order valence-electron chi connectivity index (χ2n) is 7.61. The van der Waals surface area contributed by atoms with Crippen molar-refractivity contribution >= 4 is 11.6 Å². The molecular formula is C23H22ClNO5. The Morgan fingerprint density at radius 1 is 1.30 bits per heavy atom. The molecule has 6 nitrogen and oxygen atoms in total. The zero-order chi connectivity index (χ0) is 21.3. The van der Waals surface area contributed by atoms with Crippen LogP contribution in [0.4, 0.5) is 0 Å². The number of nitrogens with zero attached hydrogens (tertiary/aromatic N) is 1. The number of benzene rings is 2. The Balaban J connectivity index is 1.70. The molecule has 1 fully saturated rings. The van der Waals surface area contributed by atoms with Gasteiger partial charge in [-0.15, -0.1) is 6.42 Å². The first kappa shape index (κ1) is 20.8. The number of hydrogen-bond acceptors (Lipinski definition) is 6. The SMILES string of the molecule is C#Cc1ccc(Cc2cc(C3CC(O)[C@H](N=O)C(CO)O3)c3c(c2Cl)OCC3)cc1. The first-order chi connectivity index (χ1) is 14.5. The zero-order valence-corrected chi connectivity index (χ0v) is 17.0. The molecule has 4 atom stereocenters. The molecule has 2 aromatic carbocycles. The van der Waals surface area contributed by atoms with Crippen LogP contribution in [-0.4, -0.2) is 41.7 Å². The van der Waals surface area contributed by atoms with Crippen molar-refractivity contribution in [2.75, 3.05) is 13.2 Å². The van der Waals surface area contributed by atoms with Crippen molar-refractivity contribution in [3.8, 4) is 18.1 Å². The standard InChI is InChI=1S/C23H22ClNO5/c1-2-13-3-5-14(6-4-13)9-15-10-17(16-7-8-29-23(16)21(15)24)19-11-18(27)22(25-28)20(12-26)30-19/h1,3-6,10,18-20,22,26-27H,7-9,11-12H2/t18?,19?,20?,22-/m0/s1. The van der Waals surface area contributed by atoms with Gasteiger partial charge in [0.05, 0.1) is 30.4 Å².